The highest BCUT2D eigenvalue weighted by atomic mass is 35.5. The lowest BCUT2D eigenvalue weighted by molar-refractivity contribution is 0.419. The topological polar surface area (TPSA) is 28.2 Å². The predicted octanol–water partition coefficient (Wildman–Crippen LogP) is 3.09. The second kappa shape index (κ2) is 6.39. The number of piperidine rings is 1. The summed E-state index contributed by atoms with van der Waals surface area (Å²) in [6.07, 6.45) is 5.56. The molecule has 0 amide bonds. The molecule has 1 aliphatic rings. The van der Waals surface area contributed by atoms with Gasteiger partial charge in [-0.1, -0.05) is 25.4 Å². The molecule has 100 valence electrons. The molecule has 1 aromatic rings. The van der Waals surface area contributed by atoms with Gasteiger partial charge in [0, 0.05) is 31.4 Å². The minimum absolute atomic E-state index is 0.508. The highest BCUT2D eigenvalue weighted by molar-refractivity contribution is 6.32. The van der Waals surface area contributed by atoms with Crippen LogP contribution in [0.4, 0.5) is 5.82 Å². The lowest BCUT2D eigenvalue weighted by atomic mass is 10.0. The smallest absolute Gasteiger partial charge is 0.147 e. The van der Waals surface area contributed by atoms with E-state index in [1.54, 1.807) is 0 Å². The molecule has 1 atom stereocenters. The zero-order chi connectivity index (χ0) is 13.0. The highest BCUT2D eigenvalue weighted by Gasteiger charge is 2.24. The molecule has 1 aliphatic heterocycles. The molecule has 1 aromatic heterocycles. The van der Waals surface area contributed by atoms with Crippen molar-refractivity contribution in [2.24, 2.45) is 0 Å². The summed E-state index contributed by atoms with van der Waals surface area (Å²) in [4.78, 5) is 6.81. The highest BCUT2D eigenvalue weighted by Crippen LogP contribution is 2.28. The van der Waals surface area contributed by atoms with E-state index in [1.807, 2.05) is 18.3 Å². The Morgan fingerprint density at radius 2 is 2.33 bits per heavy atom. The largest absolute Gasteiger partial charge is 0.351 e. The van der Waals surface area contributed by atoms with E-state index in [0.717, 1.165) is 23.9 Å². The van der Waals surface area contributed by atoms with Crippen LogP contribution in [0.2, 0.25) is 5.02 Å². The number of rotatable bonds is 4. The van der Waals surface area contributed by atoms with E-state index in [-0.39, 0.29) is 0 Å². The molecule has 18 heavy (non-hydrogen) atoms. The van der Waals surface area contributed by atoms with E-state index >= 15 is 0 Å². The SMILES string of the molecule is CC(C)NCC1CCCCN1c1ncccc1Cl. The maximum absolute atomic E-state index is 6.26. The molecule has 0 saturated carbocycles. The molecule has 2 rings (SSSR count). The summed E-state index contributed by atoms with van der Waals surface area (Å²) in [5, 5.41) is 4.28. The first-order chi connectivity index (χ1) is 8.68. The Morgan fingerprint density at radius 1 is 1.50 bits per heavy atom. The van der Waals surface area contributed by atoms with Gasteiger partial charge < -0.3 is 10.2 Å². The van der Waals surface area contributed by atoms with Gasteiger partial charge in [0.15, 0.2) is 0 Å². The van der Waals surface area contributed by atoms with Crippen LogP contribution < -0.4 is 10.2 Å². The number of hydrogen-bond donors (Lipinski definition) is 1. The van der Waals surface area contributed by atoms with Crippen LogP contribution in [-0.4, -0.2) is 30.2 Å². The van der Waals surface area contributed by atoms with Crippen LogP contribution in [0.3, 0.4) is 0 Å². The Kier molecular flexibility index (Phi) is 4.84. The van der Waals surface area contributed by atoms with Crippen molar-refractivity contribution in [1.82, 2.24) is 10.3 Å². The van der Waals surface area contributed by atoms with Gasteiger partial charge in [-0.15, -0.1) is 0 Å². The number of halogens is 1. The Hall–Kier alpha value is -0.800. The van der Waals surface area contributed by atoms with Crippen LogP contribution in [0.15, 0.2) is 18.3 Å². The summed E-state index contributed by atoms with van der Waals surface area (Å²) in [7, 11) is 0. The average molecular weight is 268 g/mol. The van der Waals surface area contributed by atoms with Crippen molar-refractivity contribution in [3.63, 3.8) is 0 Å². The van der Waals surface area contributed by atoms with Gasteiger partial charge in [-0.3, -0.25) is 0 Å². The number of nitrogens with one attached hydrogen (secondary N) is 1. The van der Waals surface area contributed by atoms with Gasteiger partial charge >= 0.3 is 0 Å². The minimum Gasteiger partial charge on any atom is -0.351 e. The monoisotopic (exact) mass is 267 g/mol. The molecule has 1 N–H and O–H groups in total. The second-order valence-corrected chi connectivity index (χ2v) is 5.62. The van der Waals surface area contributed by atoms with Crippen molar-refractivity contribution in [1.29, 1.82) is 0 Å². The van der Waals surface area contributed by atoms with E-state index in [1.165, 1.54) is 19.3 Å². The summed E-state index contributed by atoms with van der Waals surface area (Å²) >= 11 is 6.26. The fourth-order valence-corrected chi connectivity index (χ4v) is 2.68. The van der Waals surface area contributed by atoms with E-state index in [4.69, 9.17) is 11.6 Å². The summed E-state index contributed by atoms with van der Waals surface area (Å²) in [6, 6.07) is 4.84. The van der Waals surface area contributed by atoms with E-state index in [0.29, 0.717) is 12.1 Å². The molecule has 0 spiro atoms. The Labute approximate surface area is 115 Å². The predicted molar refractivity (Wildman–Crippen MR) is 77.4 cm³/mol. The first-order valence-corrected chi connectivity index (χ1v) is 7.17. The van der Waals surface area contributed by atoms with Crippen molar-refractivity contribution in [3.8, 4) is 0 Å². The summed E-state index contributed by atoms with van der Waals surface area (Å²) < 4.78 is 0. The molecule has 1 fully saturated rings. The van der Waals surface area contributed by atoms with Gasteiger partial charge in [0.2, 0.25) is 0 Å². The van der Waals surface area contributed by atoms with Crippen LogP contribution in [0, 0.1) is 0 Å². The third kappa shape index (κ3) is 3.36. The van der Waals surface area contributed by atoms with Gasteiger partial charge in [0.1, 0.15) is 5.82 Å². The Morgan fingerprint density at radius 3 is 3.06 bits per heavy atom. The van der Waals surface area contributed by atoms with Crippen LogP contribution in [0.25, 0.3) is 0 Å². The minimum atomic E-state index is 0.508. The lowest BCUT2D eigenvalue weighted by Gasteiger charge is -2.37. The summed E-state index contributed by atoms with van der Waals surface area (Å²) in [6.45, 7) is 6.42. The van der Waals surface area contributed by atoms with Gasteiger partial charge in [0.05, 0.1) is 5.02 Å². The first kappa shape index (κ1) is 13.6. The molecule has 1 unspecified atom stereocenters. The van der Waals surface area contributed by atoms with Crippen molar-refractivity contribution in [2.45, 2.75) is 45.2 Å². The van der Waals surface area contributed by atoms with Gasteiger partial charge in [0.25, 0.3) is 0 Å². The molecule has 0 bridgehead atoms. The Balaban J connectivity index is 2.10. The zero-order valence-electron chi connectivity index (χ0n) is 11.2. The molecule has 4 heteroatoms. The van der Waals surface area contributed by atoms with E-state index in [2.05, 4.69) is 29.0 Å². The van der Waals surface area contributed by atoms with Crippen LogP contribution in [0.5, 0.6) is 0 Å². The first-order valence-electron chi connectivity index (χ1n) is 6.79. The maximum atomic E-state index is 6.26. The van der Waals surface area contributed by atoms with Crippen LogP contribution in [0.1, 0.15) is 33.1 Å². The van der Waals surface area contributed by atoms with Crippen LogP contribution >= 0.6 is 11.6 Å². The molecule has 3 nitrogen and oxygen atoms in total. The fourth-order valence-electron chi connectivity index (χ4n) is 2.45. The summed E-state index contributed by atoms with van der Waals surface area (Å²) in [5.41, 5.74) is 0. The molecular weight excluding hydrogens is 246 g/mol. The summed E-state index contributed by atoms with van der Waals surface area (Å²) in [5.74, 6) is 0.939. The van der Waals surface area contributed by atoms with Gasteiger partial charge in [-0.25, -0.2) is 4.98 Å². The number of hydrogen-bond acceptors (Lipinski definition) is 3. The zero-order valence-corrected chi connectivity index (χ0v) is 12.0. The van der Waals surface area contributed by atoms with Crippen molar-refractivity contribution in [2.75, 3.05) is 18.0 Å². The molecule has 1 saturated heterocycles. The molecule has 0 aromatic carbocycles. The van der Waals surface area contributed by atoms with E-state index in [9.17, 15) is 0 Å². The van der Waals surface area contributed by atoms with Crippen molar-refractivity contribution >= 4 is 17.4 Å². The number of aromatic nitrogens is 1. The van der Waals surface area contributed by atoms with Crippen molar-refractivity contribution < 1.29 is 0 Å². The molecular formula is C14H22ClN3. The number of nitrogens with zero attached hydrogens (tertiary/aromatic N) is 2. The average Bonchev–Trinajstić information content (AvgIpc) is 2.37. The Bertz CT molecular complexity index is 381. The van der Waals surface area contributed by atoms with E-state index < -0.39 is 0 Å². The third-order valence-electron chi connectivity index (χ3n) is 3.40. The standard InChI is InChI=1S/C14H22ClN3/c1-11(2)17-10-12-6-3-4-9-18(12)14-13(15)7-5-8-16-14/h5,7-8,11-12,17H,3-4,6,9-10H2,1-2H3. The molecule has 0 aliphatic carbocycles. The lowest BCUT2D eigenvalue weighted by Crippen LogP contribution is -2.47. The van der Waals surface area contributed by atoms with Crippen molar-refractivity contribution in [3.05, 3.63) is 23.4 Å². The normalized spacial score (nSPS) is 20.4. The van der Waals surface area contributed by atoms with Gasteiger partial charge in [-0.2, -0.15) is 0 Å². The maximum Gasteiger partial charge on any atom is 0.147 e. The number of pyridine rings is 1. The third-order valence-corrected chi connectivity index (χ3v) is 3.69. The number of anilines is 1. The van der Waals surface area contributed by atoms with Gasteiger partial charge in [-0.05, 0) is 31.4 Å². The molecule has 2 heterocycles. The quantitative estimate of drug-likeness (QED) is 0.909. The fraction of sp³-hybridized carbons (Fsp3) is 0.643. The van der Waals surface area contributed by atoms with Crippen LogP contribution in [-0.2, 0) is 0 Å². The molecule has 0 radical (unpaired) electrons. The second-order valence-electron chi connectivity index (χ2n) is 5.21.